The van der Waals surface area contributed by atoms with Crippen molar-refractivity contribution in [3.8, 4) is 22.7 Å². The van der Waals surface area contributed by atoms with E-state index in [4.69, 9.17) is 9.51 Å². The minimum Gasteiger partial charge on any atom is -0.356 e. The Morgan fingerprint density at radius 1 is 0.962 bits per heavy atom. The van der Waals surface area contributed by atoms with Crippen LogP contribution in [0.4, 0.5) is 5.95 Å². The molecule has 0 radical (unpaired) electrons. The van der Waals surface area contributed by atoms with E-state index in [1.165, 1.54) is 0 Å². The normalized spacial score (nSPS) is 11.0. The summed E-state index contributed by atoms with van der Waals surface area (Å²) in [7, 11) is 0. The number of rotatable bonds is 6. The fourth-order valence-electron chi connectivity index (χ4n) is 2.92. The molecule has 0 bridgehead atoms. The maximum atomic E-state index is 5.62. The van der Waals surface area contributed by atoms with E-state index in [0.717, 1.165) is 42.0 Å². The van der Waals surface area contributed by atoms with Gasteiger partial charge in [-0.1, -0.05) is 12.1 Å². The predicted molar refractivity (Wildman–Crippen MR) is 101 cm³/mol. The van der Waals surface area contributed by atoms with E-state index in [0.29, 0.717) is 23.1 Å². The van der Waals surface area contributed by atoms with Crippen LogP contribution in [0.3, 0.4) is 0 Å². The van der Waals surface area contributed by atoms with Crippen molar-refractivity contribution in [2.24, 2.45) is 0 Å². The molecule has 7 heteroatoms. The lowest BCUT2D eigenvalue weighted by atomic mass is 10.0. The molecule has 3 aromatic heterocycles. The lowest BCUT2D eigenvalue weighted by Crippen LogP contribution is -2.24. The first-order valence-electron chi connectivity index (χ1n) is 8.95. The molecule has 0 saturated heterocycles. The Labute approximate surface area is 153 Å². The van der Waals surface area contributed by atoms with Gasteiger partial charge in [0.2, 0.25) is 5.95 Å². The van der Waals surface area contributed by atoms with Crippen LogP contribution in [0.25, 0.3) is 22.7 Å². The number of hydrogen-bond acceptors (Lipinski definition) is 7. The van der Waals surface area contributed by atoms with Crippen LogP contribution in [0, 0.1) is 13.8 Å². The molecule has 7 nitrogen and oxygen atoms in total. The van der Waals surface area contributed by atoms with Gasteiger partial charge < -0.3 is 9.42 Å². The van der Waals surface area contributed by atoms with Crippen LogP contribution in [-0.4, -0.2) is 38.2 Å². The molecule has 26 heavy (non-hydrogen) atoms. The first kappa shape index (κ1) is 18.0. The Bertz CT molecular complexity index is 884. The monoisotopic (exact) mass is 352 g/mol. The van der Waals surface area contributed by atoms with Crippen LogP contribution in [0.2, 0.25) is 0 Å². The number of anilines is 1. The quantitative estimate of drug-likeness (QED) is 0.670. The summed E-state index contributed by atoms with van der Waals surface area (Å²) in [5.74, 6) is 1.37. The lowest BCUT2D eigenvalue weighted by Gasteiger charge is -2.19. The zero-order chi connectivity index (χ0) is 18.7. The standard InChI is InChI=1S/C19H24N6O/c1-6-14-13(5)24-26-18(14)15-10-22-19(25(7-2)8-3)23-17(15)16-11-20-12(4)9-21-16/h9-11H,6-8H2,1-5H3. The van der Waals surface area contributed by atoms with Gasteiger partial charge in [-0.05, 0) is 34.1 Å². The van der Waals surface area contributed by atoms with Crippen molar-refractivity contribution in [1.82, 2.24) is 25.1 Å². The van der Waals surface area contributed by atoms with Crippen molar-refractivity contribution in [2.75, 3.05) is 18.0 Å². The SMILES string of the molecule is CCc1c(C)noc1-c1cnc(N(CC)CC)nc1-c1cnc(C)cn1. The molecule has 0 unspecified atom stereocenters. The molecule has 0 N–H and O–H groups in total. The fourth-order valence-corrected chi connectivity index (χ4v) is 2.92. The minimum atomic E-state index is 0.672. The third-order valence-electron chi connectivity index (χ3n) is 4.43. The molecular formula is C19H24N6O. The summed E-state index contributed by atoms with van der Waals surface area (Å²) in [6.07, 6.45) is 6.10. The molecule has 0 aliphatic rings. The van der Waals surface area contributed by atoms with Crippen LogP contribution >= 0.6 is 0 Å². The van der Waals surface area contributed by atoms with E-state index in [1.807, 2.05) is 13.8 Å². The summed E-state index contributed by atoms with van der Waals surface area (Å²) in [4.78, 5) is 20.3. The lowest BCUT2D eigenvalue weighted by molar-refractivity contribution is 0.426. The van der Waals surface area contributed by atoms with Crippen molar-refractivity contribution in [1.29, 1.82) is 0 Å². The first-order chi connectivity index (χ1) is 12.6. The third-order valence-corrected chi connectivity index (χ3v) is 4.43. The molecule has 3 aromatic rings. The molecule has 0 aliphatic carbocycles. The number of aryl methyl sites for hydroxylation is 2. The van der Waals surface area contributed by atoms with Gasteiger partial charge in [-0.3, -0.25) is 9.97 Å². The van der Waals surface area contributed by atoms with Crippen molar-refractivity contribution in [2.45, 2.75) is 41.0 Å². The zero-order valence-corrected chi connectivity index (χ0v) is 15.9. The Morgan fingerprint density at radius 3 is 2.35 bits per heavy atom. The smallest absolute Gasteiger partial charge is 0.225 e. The van der Waals surface area contributed by atoms with E-state index in [2.05, 4.69) is 45.8 Å². The molecule has 3 heterocycles. The summed E-state index contributed by atoms with van der Waals surface area (Å²) >= 11 is 0. The summed E-state index contributed by atoms with van der Waals surface area (Å²) in [5.41, 5.74) is 4.99. The molecule has 0 aliphatic heterocycles. The molecule has 136 valence electrons. The molecule has 0 saturated carbocycles. The molecule has 0 fully saturated rings. The van der Waals surface area contributed by atoms with Gasteiger partial charge in [0.15, 0.2) is 5.76 Å². The van der Waals surface area contributed by atoms with Gasteiger partial charge in [0, 0.05) is 31.0 Å². The summed E-state index contributed by atoms with van der Waals surface area (Å²) < 4.78 is 5.62. The van der Waals surface area contributed by atoms with Crippen molar-refractivity contribution >= 4 is 5.95 Å². The van der Waals surface area contributed by atoms with Gasteiger partial charge in [-0.15, -0.1) is 0 Å². The van der Waals surface area contributed by atoms with E-state index < -0.39 is 0 Å². The summed E-state index contributed by atoms with van der Waals surface area (Å²) in [5, 5.41) is 4.13. The second kappa shape index (κ2) is 7.59. The van der Waals surface area contributed by atoms with Crippen LogP contribution in [0.1, 0.15) is 37.7 Å². The fraction of sp³-hybridized carbons (Fsp3) is 0.421. The largest absolute Gasteiger partial charge is 0.356 e. The van der Waals surface area contributed by atoms with E-state index in [9.17, 15) is 0 Å². The minimum absolute atomic E-state index is 0.672. The van der Waals surface area contributed by atoms with Crippen molar-refractivity contribution < 1.29 is 4.52 Å². The number of nitrogens with zero attached hydrogens (tertiary/aromatic N) is 6. The number of aromatic nitrogens is 5. The molecular weight excluding hydrogens is 328 g/mol. The molecule has 0 spiro atoms. The van der Waals surface area contributed by atoms with Crippen molar-refractivity contribution in [3.63, 3.8) is 0 Å². The highest BCUT2D eigenvalue weighted by Gasteiger charge is 2.21. The van der Waals surface area contributed by atoms with E-state index >= 15 is 0 Å². The highest BCUT2D eigenvalue weighted by molar-refractivity contribution is 5.78. The Balaban J connectivity index is 2.21. The Morgan fingerprint density at radius 2 is 1.73 bits per heavy atom. The second-order valence-corrected chi connectivity index (χ2v) is 6.08. The van der Waals surface area contributed by atoms with Crippen LogP contribution < -0.4 is 4.90 Å². The topological polar surface area (TPSA) is 80.8 Å². The first-order valence-corrected chi connectivity index (χ1v) is 8.95. The van der Waals surface area contributed by atoms with Crippen LogP contribution in [0.5, 0.6) is 0 Å². The van der Waals surface area contributed by atoms with E-state index in [1.54, 1.807) is 18.6 Å². The molecule has 0 amide bonds. The molecule has 3 rings (SSSR count). The van der Waals surface area contributed by atoms with Crippen LogP contribution in [-0.2, 0) is 6.42 Å². The average Bonchev–Trinajstić information content (AvgIpc) is 3.03. The van der Waals surface area contributed by atoms with Crippen LogP contribution in [0.15, 0.2) is 23.1 Å². The Hall–Kier alpha value is -2.83. The second-order valence-electron chi connectivity index (χ2n) is 6.08. The Kier molecular flexibility index (Phi) is 5.25. The number of hydrogen-bond donors (Lipinski definition) is 0. The zero-order valence-electron chi connectivity index (χ0n) is 15.9. The highest BCUT2D eigenvalue weighted by Crippen LogP contribution is 2.33. The van der Waals surface area contributed by atoms with Gasteiger partial charge >= 0.3 is 0 Å². The van der Waals surface area contributed by atoms with Gasteiger partial charge in [0.1, 0.15) is 11.4 Å². The van der Waals surface area contributed by atoms with Gasteiger partial charge in [0.25, 0.3) is 0 Å². The average molecular weight is 352 g/mol. The van der Waals surface area contributed by atoms with Crippen molar-refractivity contribution in [3.05, 3.63) is 35.5 Å². The van der Waals surface area contributed by atoms with E-state index in [-0.39, 0.29) is 0 Å². The van der Waals surface area contributed by atoms with Gasteiger partial charge in [0.05, 0.1) is 23.1 Å². The van der Waals surface area contributed by atoms with Gasteiger partial charge in [-0.25, -0.2) is 9.97 Å². The summed E-state index contributed by atoms with van der Waals surface area (Å²) in [6, 6.07) is 0. The predicted octanol–water partition coefficient (Wildman–Crippen LogP) is 3.61. The molecule has 0 aromatic carbocycles. The summed E-state index contributed by atoms with van der Waals surface area (Å²) in [6.45, 7) is 11.8. The highest BCUT2D eigenvalue weighted by atomic mass is 16.5. The molecule has 0 atom stereocenters. The third kappa shape index (κ3) is 3.29. The van der Waals surface area contributed by atoms with Gasteiger partial charge in [-0.2, -0.15) is 0 Å². The maximum Gasteiger partial charge on any atom is 0.225 e. The maximum absolute atomic E-state index is 5.62.